The van der Waals surface area contributed by atoms with Gasteiger partial charge in [0.2, 0.25) is 11.8 Å². The molecular formula is C99H112N4NaO21S2. The number of hydrogen-bond acceptors (Lipinski definition) is 22. The summed E-state index contributed by atoms with van der Waals surface area (Å²) in [5, 5.41) is 38.0. The molecule has 3 heterocycles. The molecule has 0 unspecified atom stereocenters. The van der Waals surface area contributed by atoms with Crippen molar-refractivity contribution in [2.75, 3.05) is 42.6 Å². The maximum Gasteiger partial charge on any atom is 0.350 e. The largest absolute Gasteiger partial charge is 0.748 e. The van der Waals surface area contributed by atoms with Gasteiger partial charge in [-0.2, -0.15) is 13.0 Å². The van der Waals surface area contributed by atoms with Gasteiger partial charge in [-0.05, 0) is 176 Å². The number of benzene rings is 7. The monoisotopic (exact) mass is 1780 g/mol. The first-order valence-electron chi connectivity index (χ1n) is 43.4. The molecule has 667 valence electrons. The van der Waals surface area contributed by atoms with Crippen molar-refractivity contribution in [3.63, 3.8) is 0 Å². The molecule has 2 bridgehead atoms. The molecule has 0 aromatic heterocycles. The van der Waals surface area contributed by atoms with E-state index in [1.54, 1.807) is 92.7 Å². The van der Waals surface area contributed by atoms with Gasteiger partial charge in [-0.1, -0.05) is 168 Å². The summed E-state index contributed by atoms with van der Waals surface area (Å²) >= 11 is 0. The fourth-order valence-corrected chi connectivity index (χ4v) is 21.9. The maximum atomic E-state index is 16.2. The van der Waals surface area contributed by atoms with Gasteiger partial charge >= 0.3 is 29.8 Å². The molecule has 28 heteroatoms. The van der Waals surface area contributed by atoms with Crippen molar-refractivity contribution in [1.82, 2.24) is 10.6 Å². The Morgan fingerprint density at radius 3 is 1.96 bits per heavy atom. The van der Waals surface area contributed by atoms with Crippen LogP contribution >= 0.6 is 0 Å². The first-order valence-corrected chi connectivity index (χ1v) is 46.6. The topological polar surface area (TPSA) is 357 Å². The first-order chi connectivity index (χ1) is 59.8. The van der Waals surface area contributed by atoms with Crippen molar-refractivity contribution in [1.29, 1.82) is 0 Å². The minimum Gasteiger partial charge on any atom is -0.748 e. The number of nitrogens with zero attached hydrogens (tertiary/aromatic N) is 2. The zero-order valence-corrected chi connectivity index (χ0v) is 77.5. The number of aliphatic hydroxyl groups excluding tert-OH is 1. The van der Waals surface area contributed by atoms with Crippen LogP contribution in [0, 0.1) is 16.7 Å². The van der Waals surface area contributed by atoms with E-state index in [2.05, 4.69) is 121 Å². The number of carbonyl (C=O) groups excluding carboxylic acids is 7. The summed E-state index contributed by atoms with van der Waals surface area (Å²) in [5.41, 5.74) is 0.221. The minimum atomic E-state index is -4.46. The van der Waals surface area contributed by atoms with Gasteiger partial charge in [0.1, 0.15) is 36.5 Å². The molecule has 3 aliphatic heterocycles. The van der Waals surface area contributed by atoms with E-state index in [4.69, 9.17) is 28.4 Å². The summed E-state index contributed by atoms with van der Waals surface area (Å²) in [5.74, 6) is -8.94. The number of amides is 1. The fraction of sp³-hybridized carbons (Fsp3) is 0.434. The Bertz CT molecular complexity index is 5870. The van der Waals surface area contributed by atoms with Crippen molar-refractivity contribution in [2.24, 2.45) is 16.7 Å². The zero-order valence-electron chi connectivity index (χ0n) is 73.9. The van der Waals surface area contributed by atoms with Crippen LogP contribution in [-0.4, -0.2) is 203 Å². The third-order valence-corrected chi connectivity index (χ3v) is 28.7. The van der Waals surface area contributed by atoms with E-state index in [0.717, 1.165) is 92.6 Å². The summed E-state index contributed by atoms with van der Waals surface area (Å²) in [6.07, 6.45) is 1.85. The van der Waals surface area contributed by atoms with E-state index in [0.29, 0.717) is 63.7 Å². The molecule has 127 heavy (non-hydrogen) atoms. The molecule has 14 rings (SSSR count). The molecule has 7 aromatic rings. The summed E-state index contributed by atoms with van der Waals surface area (Å²) in [6, 6.07) is 47.7. The number of ether oxygens (including phenoxy) is 6. The number of fused-ring (bicyclic) bond motifs is 11. The van der Waals surface area contributed by atoms with Crippen LogP contribution in [0.5, 0.6) is 0 Å². The Morgan fingerprint density at radius 2 is 1.32 bits per heavy atom. The molecule has 1 saturated heterocycles. The van der Waals surface area contributed by atoms with Crippen molar-refractivity contribution >= 4 is 130 Å². The van der Waals surface area contributed by atoms with Crippen LogP contribution in [0.4, 0.5) is 11.4 Å². The Kier molecular flexibility index (Phi) is 28.5. The van der Waals surface area contributed by atoms with Crippen LogP contribution in [0.15, 0.2) is 222 Å². The van der Waals surface area contributed by atoms with E-state index in [1.165, 1.54) is 26.0 Å². The number of ketones is 1. The fourth-order valence-electron chi connectivity index (χ4n) is 20.8. The quantitative estimate of drug-likeness (QED) is 0.00512. The molecule has 4 aliphatic carbocycles. The van der Waals surface area contributed by atoms with Gasteiger partial charge in [0, 0.05) is 139 Å². The third kappa shape index (κ3) is 19.0. The second-order valence-electron chi connectivity index (χ2n) is 36.2. The Balaban J connectivity index is 0.0000138. The molecular weight excluding hydrogens is 1670 g/mol. The number of Topliss-reactive ketones (excluding diaryl/α,β-unsaturated/α-hetero) is 1. The number of aliphatic hydroxyl groups is 2. The summed E-state index contributed by atoms with van der Waals surface area (Å²) in [7, 11) is -8.66. The second-order valence-corrected chi connectivity index (χ2v) is 39.2. The molecule has 7 aromatic carbocycles. The second kappa shape index (κ2) is 38.1. The van der Waals surface area contributed by atoms with E-state index < -0.39 is 155 Å². The van der Waals surface area contributed by atoms with E-state index in [9.17, 15) is 55.3 Å². The standard InChI is InChI=1S/C99H112N4O21S2.Na/c1-61-75(59-99(112)90(123-92(110)70-38-19-13-20-39-70)88-97(10,78(106)58-79-98(88,60-119-79)124-63(3)105)89(108)86(120-62(2)104)81(61)96(99,8)9)121-93(111)87(85(66-34-15-11-16-35-66)101-91(109)69-36-17-12-18-37-69)122-80(107)44-21-14-26-53-100-84-67(47-51-76-94(4,5)82-71-42-24-22-32-64(71)45-49-73(82)102(76)54-27-29-56-125(113,114)115)40-31-41-68(84)48-52-77-95(6,7)83-72-43-25-23-33-65(72)46-50-74(83)103(77)55-28-30-57-126(116,117)118;/h11-13,15-20,22-25,32-39,42-43,45-52,75,78-79,85-88,90,106,112H,14,21,26-31,40-41,44,53-60H2,1-10H3,(H3,101,109,113,114,115,116,117,118);/t75-,78-,79+,85-,86+,87+,88-,90-,97+,98-,99+;/m0./s1. The Hall–Kier alpha value is -9.78. The third-order valence-electron chi connectivity index (χ3n) is 27.1. The number of carbonyl (C=O) groups is 7. The number of esters is 5. The number of anilines is 1. The molecule has 2 saturated carbocycles. The maximum absolute atomic E-state index is 16.2. The van der Waals surface area contributed by atoms with Crippen molar-refractivity contribution in [3.8, 4) is 0 Å². The van der Waals surface area contributed by atoms with Crippen LogP contribution < -0.4 is 15.5 Å². The number of nitrogens with one attached hydrogen (secondary N) is 2. The molecule has 25 nitrogen and oxygen atoms in total. The van der Waals surface area contributed by atoms with Crippen LogP contribution in [0.3, 0.4) is 0 Å². The Labute approximate surface area is 764 Å². The summed E-state index contributed by atoms with van der Waals surface area (Å²) in [4.78, 5) is 106. The van der Waals surface area contributed by atoms with Crippen LogP contribution in [-0.2, 0) is 83.5 Å². The van der Waals surface area contributed by atoms with Crippen LogP contribution in [0.25, 0.3) is 21.5 Å². The zero-order chi connectivity index (χ0) is 90.2. The number of hydrogen-bond donors (Lipinski definition) is 5. The van der Waals surface area contributed by atoms with Crippen molar-refractivity contribution in [3.05, 3.63) is 250 Å². The number of rotatable bonds is 31. The first kappa shape index (κ1) is 94.8. The van der Waals surface area contributed by atoms with Crippen LogP contribution in [0.2, 0.25) is 0 Å². The molecule has 0 spiro atoms. The Morgan fingerprint density at radius 1 is 0.693 bits per heavy atom. The van der Waals surface area contributed by atoms with Gasteiger partial charge in [0.25, 0.3) is 16.0 Å². The van der Waals surface area contributed by atoms with Crippen LogP contribution in [0.1, 0.15) is 196 Å². The van der Waals surface area contributed by atoms with Gasteiger partial charge in [-0.25, -0.2) is 18.0 Å². The SMILES string of the molecule is CC(=O)O[C@H]1C(=O)[C@@]2(C)[C@H]([C@H](OC(=O)c3ccccc3)[C@]3(O)C[C@H](OC(=O)[C@H](OC(=O)CCCCCNC4=C(C=CC5=[N+](CCCCS(=O)(=O)[O-])c6ccc7ccccc7c6C5(C)C)CCCC4=CC=C4N(CCCCS(=O)(=O)O)c5ccc6ccccc6c5C4(C)C)[C@@H](NC(=O)c4ccccc4)c4ccccc4)C(C)=C1C3(C)C)[C@]1(OC(C)=O)CO[C@@H]1C[C@@H]2O.[Na]. The molecule has 1 amide bonds. The summed E-state index contributed by atoms with van der Waals surface area (Å²) in [6.45, 7) is 18.0. The smallest absolute Gasteiger partial charge is 0.350 e. The molecule has 3 fully saturated rings. The van der Waals surface area contributed by atoms with Gasteiger partial charge in [-0.3, -0.25) is 28.5 Å². The number of unbranched alkanes of at least 4 members (excludes halogenated alkanes) is 4. The van der Waals surface area contributed by atoms with Crippen molar-refractivity contribution < 1.29 is 103 Å². The minimum absolute atomic E-state index is 0. The van der Waals surface area contributed by atoms with Gasteiger partial charge in [-0.15, -0.1) is 0 Å². The average molecular weight is 1780 g/mol. The predicted molar refractivity (Wildman–Crippen MR) is 481 cm³/mol. The van der Waals surface area contributed by atoms with E-state index in [1.807, 2.05) is 24.3 Å². The molecule has 1 radical (unpaired) electrons. The molecule has 5 N–H and O–H groups in total. The van der Waals surface area contributed by atoms with E-state index in [-0.39, 0.29) is 96.3 Å². The molecule has 7 aliphatic rings. The average Bonchev–Trinajstić information content (AvgIpc) is 1.31. The van der Waals surface area contributed by atoms with Gasteiger partial charge in [0.05, 0.1) is 50.9 Å². The van der Waals surface area contributed by atoms with E-state index >= 15 is 14.4 Å². The van der Waals surface area contributed by atoms with Gasteiger partial charge in [0.15, 0.2) is 23.2 Å². The van der Waals surface area contributed by atoms with Crippen molar-refractivity contribution in [2.45, 2.75) is 217 Å². The summed E-state index contributed by atoms with van der Waals surface area (Å²) < 4.78 is 110. The van der Waals surface area contributed by atoms with Gasteiger partial charge < -0.3 is 58.7 Å². The predicted octanol–water partition coefficient (Wildman–Crippen LogP) is 14.0. The normalized spacial score (nSPS) is 25.0. The molecule has 11 atom stereocenters. The number of allylic oxidation sites excluding steroid dienone is 7.